The Morgan fingerprint density at radius 3 is 2.72 bits per heavy atom. The van der Waals surface area contributed by atoms with Gasteiger partial charge in [-0.25, -0.2) is 13.4 Å². The molecule has 0 saturated carbocycles. The highest BCUT2D eigenvalue weighted by Crippen LogP contribution is 2.37. The summed E-state index contributed by atoms with van der Waals surface area (Å²) in [6, 6.07) is 9.86. The smallest absolute Gasteiger partial charge is 0.278 e. The number of hydrogen-bond acceptors (Lipinski definition) is 7. The highest BCUT2D eigenvalue weighted by Gasteiger charge is 2.38. The molecule has 1 aliphatic rings. The Balaban J connectivity index is 1.71. The van der Waals surface area contributed by atoms with Crippen molar-refractivity contribution in [2.75, 3.05) is 19.5 Å². The van der Waals surface area contributed by atoms with Gasteiger partial charge in [-0.3, -0.25) is 14.4 Å². The molecule has 0 bridgehead atoms. The lowest BCUT2D eigenvalue weighted by atomic mass is 10.1. The van der Waals surface area contributed by atoms with E-state index >= 15 is 0 Å². The van der Waals surface area contributed by atoms with Crippen LogP contribution in [-0.4, -0.2) is 37.8 Å². The minimum atomic E-state index is -3.89. The van der Waals surface area contributed by atoms with Gasteiger partial charge in [-0.2, -0.15) is 0 Å². The molecule has 0 saturated heterocycles. The van der Waals surface area contributed by atoms with Gasteiger partial charge in [0.25, 0.3) is 15.9 Å². The van der Waals surface area contributed by atoms with Crippen LogP contribution in [0.15, 0.2) is 61.5 Å². The number of aromatic nitrogens is 1. The van der Waals surface area contributed by atoms with E-state index in [0.717, 1.165) is 4.31 Å². The maximum Gasteiger partial charge on any atom is 0.278 e. The van der Waals surface area contributed by atoms with Gasteiger partial charge in [0.1, 0.15) is 5.69 Å². The van der Waals surface area contributed by atoms with Gasteiger partial charge < -0.3 is 9.15 Å². The largest absolute Gasteiger partial charge is 0.494 e. The van der Waals surface area contributed by atoms with Gasteiger partial charge in [0.05, 0.1) is 12.0 Å². The average Bonchev–Trinajstić information content (AvgIpc) is 3.33. The molecule has 0 spiro atoms. The number of anilines is 1. The first-order chi connectivity index (χ1) is 13.8. The fraction of sp³-hybridized carbons (Fsp3) is 0.111. The second-order valence-corrected chi connectivity index (χ2v) is 9.52. The van der Waals surface area contributed by atoms with Crippen molar-refractivity contribution in [1.29, 1.82) is 0 Å². The Morgan fingerprint density at radius 1 is 1.28 bits per heavy atom. The number of amides is 1. The Bertz CT molecular complexity index is 1250. The quantitative estimate of drug-likeness (QED) is 0.591. The molecule has 3 heterocycles. The molecular weight excluding hydrogens is 482 g/mol. The number of rotatable bonds is 4. The number of nitrogens with one attached hydrogen (secondary N) is 1. The monoisotopic (exact) mass is 495 g/mol. The number of sulfonamides is 1. The van der Waals surface area contributed by atoms with E-state index in [0.29, 0.717) is 26.8 Å². The summed E-state index contributed by atoms with van der Waals surface area (Å²) in [4.78, 5) is 17.4. The number of furan rings is 1. The first kappa shape index (κ1) is 19.7. The van der Waals surface area contributed by atoms with Crippen LogP contribution < -0.4 is 5.32 Å². The molecule has 11 heteroatoms. The molecule has 0 unspecified atom stereocenters. The van der Waals surface area contributed by atoms with Gasteiger partial charge in [0.2, 0.25) is 0 Å². The van der Waals surface area contributed by atoms with E-state index < -0.39 is 15.9 Å². The molecule has 4 rings (SSSR count). The van der Waals surface area contributed by atoms with Crippen LogP contribution in [0.4, 0.5) is 5.13 Å². The minimum Gasteiger partial charge on any atom is -0.494 e. The highest BCUT2D eigenvalue weighted by molar-refractivity contribution is 9.10. The molecule has 150 valence electrons. The maximum absolute atomic E-state index is 13.0. The molecular formula is C18H14BrN3O5S2. The van der Waals surface area contributed by atoms with Crippen LogP contribution >= 0.6 is 27.3 Å². The number of thiazole rings is 1. The summed E-state index contributed by atoms with van der Waals surface area (Å²) >= 11 is 4.42. The third kappa shape index (κ3) is 3.34. The molecule has 1 N–H and O–H groups in total. The summed E-state index contributed by atoms with van der Waals surface area (Å²) in [6.07, 6.45) is 0. The highest BCUT2D eigenvalue weighted by atomic mass is 79.9. The van der Waals surface area contributed by atoms with Gasteiger partial charge in [-0.05, 0) is 40.2 Å². The van der Waals surface area contributed by atoms with Crippen molar-refractivity contribution in [3.05, 3.63) is 57.7 Å². The lowest BCUT2D eigenvalue weighted by Crippen LogP contribution is -2.37. The standard InChI is InChI=1S/C18H14BrN3O5S2/c1-22-15(16(26-2)10-5-3-4-6-13(10)29(22,24)25)17(23)21-18-20-11(9-28-18)12-7-8-14(19)27-12/h3-9H,1-2H3,(H,20,21,23). The fourth-order valence-corrected chi connectivity index (χ4v) is 5.31. The Morgan fingerprint density at radius 2 is 2.03 bits per heavy atom. The summed E-state index contributed by atoms with van der Waals surface area (Å²) in [5.74, 6) is 0.0582. The number of benzene rings is 1. The summed E-state index contributed by atoms with van der Waals surface area (Å²) in [7, 11) is -1.19. The summed E-state index contributed by atoms with van der Waals surface area (Å²) in [5, 5.41) is 4.66. The van der Waals surface area contributed by atoms with Crippen molar-refractivity contribution < 1.29 is 22.4 Å². The molecule has 2 aromatic heterocycles. The molecule has 1 amide bonds. The number of hydrogen-bond donors (Lipinski definition) is 1. The topological polar surface area (TPSA) is 102 Å². The molecule has 1 aromatic carbocycles. The van der Waals surface area contributed by atoms with Crippen LogP contribution in [-0.2, 0) is 19.6 Å². The Kier molecular flexibility index (Phi) is 4.97. The van der Waals surface area contributed by atoms with Crippen LogP contribution in [0.25, 0.3) is 17.2 Å². The third-order valence-corrected chi connectivity index (χ3v) is 7.27. The molecule has 0 atom stereocenters. The summed E-state index contributed by atoms with van der Waals surface area (Å²) in [5.41, 5.74) is 0.758. The first-order valence-electron chi connectivity index (χ1n) is 8.22. The number of nitrogens with zero attached hydrogens (tertiary/aromatic N) is 2. The van der Waals surface area contributed by atoms with Crippen molar-refractivity contribution in [2.24, 2.45) is 0 Å². The summed E-state index contributed by atoms with van der Waals surface area (Å²) < 4.78 is 38.0. The molecule has 1 aliphatic heterocycles. The number of carbonyl (C=O) groups excluding carboxylic acids is 1. The third-order valence-electron chi connectivity index (χ3n) is 4.27. The fourth-order valence-electron chi connectivity index (χ4n) is 2.92. The number of likely N-dealkylation sites (N-methyl/N-ethyl adjacent to an activating group) is 1. The first-order valence-corrected chi connectivity index (χ1v) is 11.3. The Labute approximate surface area is 179 Å². The van der Waals surface area contributed by atoms with E-state index in [-0.39, 0.29) is 16.4 Å². The normalized spacial score (nSPS) is 15.2. The Hall–Kier alpha value is -2.63. The van der Waals surface area contributed by atoms with Crippen molar-refractivity contribution in [3.63, 3.8) is 0 Å². The second kappa shape index (κ2) is 7.32. The van der Waals surface area contributed by atoms with Crippen molar-refractivity contribution in [3.8, 4) is 11.5 Å². The molecule has 8 nitrogen and oxygen atoms in total. The molecule has 29 heavy (non-hydrogen) atoms. The van der Waals surface area contributed by atoms with E-state index in [4.69, 9.17) is 9.15 Å². The van der Waals surface area contributed by atoms with E-state index in [2.05, 4.69) is 26.2 Å². The predicted molar refractivity (Wildman–Crippen MR) is 111 cm³/mol. The zero-order valence-corrected chi connectivity index (χ0v) is 18.4. The molecule has 0 radical (unpaired) electrons. The molecule has 3 aromatic rings. The molecule has 0 aliphatic carbocycles. The average molecular weight is 496 g/mol. The SMILES string of the molecule is COC1=C(C(=O)Nc2nc(-c3ccc(Br)o3)cs2)N(C)S(=O)(=O)c2ccccc21. The predicted octanol–water partition coefficient (Wildman–Crippen LogP) is 3.75. The van der Waals surface area contributed by atoms with E-state index in [1.54, 1.807) is 35.7 Å². The van der Waals surface area contributed by atoms with Crippen LogP contribution in [0.5, 0.6) is 0 Å². The number of methoxy groups -OCH3 is 1. The number of halogens is 1. The van der Waals surface area contributed by atoms with Crippen LogP contribution in [0.3, 0.4) is 0 Å². The van der Waals surface area contributed by atoms with Gasteiger partial charge in [-0.15, -0.1) is 11.3 Å². The maximum atomic E-state index is 13.0. The van der Waals surface area contributed by atoms with Gasteiger partial charge >= 0.3 is 0 Å². The van der Waals surface area contributed by atoms with E-state index in [9.17, 15) is 13.2 Å². The van der Waals surface area contributed by atoms with Gasteiger partial charge in [0, 0.05) is 18.0 Å². The van der Waals surface area contributed by atoms with Crippen LogP contribution in [0.2, 0.25) is 0 Å². The van der Waals surface area contributed by atoms with Gasteiger partial charge in [-0.1, -0.05) is 12.1 Å². The van der Waals surface area contributed by atoms with Crippen molar-refractivity contribution in [2.45, 2.75) is 4.90 Å². The van der Waals surface area contributed by atoms with E-state index in [1.165, 1.54) is 31.6 Å². The van der Waals surface area contributed by atoms with Crippen LogP contribution in [0.1, 0.15) is 5.56 Å². The minimum absolute atomic E-state index is 0.0795. The summed E-state index contributed by atoms with van der Waals surface area (Å²) in [6.45, 7) is 0. The zero-order chi connectivity index (χ0) is 20.8. The van der Waals surface area contributed by atoms with Gasteiger partial charge in [0.15, 0.2) is 27.0 Å². The lowest BCUT2D eigenvalue weighted by molar-refractivity contribution is -0.113. The number of carbonyl (C=O) groups is 1. The zero-order valence-electron chi connectivity index (χ0n) is 15.2. The number of ether oxygens (including phenoxy) is 1. The van der Waals surface area contributed by atoms with Crippen LogP contribution in [0, 0.1) is 0 Å². The van der Waals surface area contributed by atoms with Crippen molar-refractivity contribution >= 4 is 54.1 Å². The number of fused-ring (bicyclic) bond motifs is 1. The molecule has 0 fully saturated rings. The van der Waals surface area contributed by atoms with E-state index in [1.807, 2.05) is 0 Å². The second-order valence-electron chi connectivity index (χ2n) is 5.95. The van der Waals surface area contributed by atoms with Crippen molar-refractivity contribution in [1.82, 2.24) is 9.29 Å². The lowest BCUT2D eigenvalue weighted by Gasteiger charge is -2.29.